The molecule has 1 heterocycles. The van der Waals surface area contributed by atoms with Gasteiger partial charge in [-0.3, -0.25) is 19.7 Å². The number of hydrogen-bond acceptors (Lipinski definition) is 8. The number of nitro benzene ring substituents is 1. The van der Waals surface area contributed by atoms with Gasteiger partial charge in [-0.05, 0) is 30.9 Å². The molecule has 0 saturated carbocycles. The molecule has 146 valence electrons. The lowest BCUT2D eigenvalue weighted by atomic mass is 10.1. The maximum atomic E-state index is 12.1. The molecule has 1 aromatic heterocycles. The Morgan fingerprint density at radius 3 is 2.71 bits per heavy atom. The van der Waals surface area contributed by atoms with Gasteiger partial charge in [-0.25, -0.2) is 4.79 Å². The number of carbonyl (C=O) groups is 3. The molecule has 2 amide bonds. The van der Waals surface area contributed by atoms with Crippen LogP contribution in [0.1, 0.15) is 37.6 Å². The average Bonchev–Trinajstić information content (AvgIpc) is 3.20. The van der Waals surface area contributed by atoms with Crippen LogP contribution in [0.3, 0.4) is 0 Å². The number of fused-ring (bicyclic) bond motifs is 1. The molecular formula is C17H16N4O6S. The molecule has 0 atom stereocenters. The summed E-state index contributed by atoms with van der Waals surface area (Å²) in [6, 6.07) is 3.34. The molecule has 2 aromatic rings. The lowest BCUT2D eigenvalue weighted by Crippen LogP contribution is -2.23. The third-order valence-electron chi connectivity index (χ3n) is 4.22. The molecule has 0 radical (unpaired) electrons. The fourth-order valence-corrected chi connectivity index (χ4v) is 4.27. The first-order valence-corrected chi connectivity index (χ1v) is 9.04. The highest BCUT2D eigenvalue weighted by Gasteiger charge is 2.26. The number of nitrogens with two attached hydrogens (primary N) is 2. The van der Waals surface area contributed by atoms with E-state index in [0.29, 0.717) is 10.6 Å². The normalized spacial score (nSPS) is 12.3. The van der Waals surface area contributed by atoms with E-state index in [-0.39, 0.29) is 16.9 Å². The molecule has 5 N–H and O–H groups in total. The number of amides is 2. The molecule has 0 saturated heterocycles. The van der Waals surface area contributed by atoms with Crippen LogP contribution in [0.15, 0.2) is 18.2 Å². The predicted octanol–water partition coefficient (Wildman–Crippen LogP) is 1.62. The fraction of sp³-hybridized carbons (Fsp3) is 0.235. The Kier molecular flexibility index (Phi) is 5.27. The average molecular weight is 404 g/mol. The number of aryl methyl sites for hydroxylation is 1. The number of nitrogen functional groups attached to an aromatic ring is 1. The summed E-state index contributed by atoms with van der Waals surface area (Å²) in [6.07, 6.45) is 2.47. The first-order valence-electron chi connectivity index (χ1n) is 8.23. The zero-order valence-electron chi connectivity index (χ0n) is 14.5. The Morgan fingerprint density at radius 1 is 1.29 bits per heavy atom. The standard InChI is InChI=1S/C17H16N4O6S/c18-11-5-4-8(21(25)26)6-10(11)17(24)27-7-13(22)20-16-14(15(19)23)9-2-1-3-12(9)28-16/h4-6H,1-3,7,18H2,(H2,19,23)(H,20,22). The monoisotopic (exact) mass is 404 g/mol. The third kappa shape index (κ3) is 3.78. The zero-order valence-corrected chi connectivity index (χ0v) is 15.3. The molecule has 10 nitrogen and oxygen atoms in total. The molecular weight excluding hydrogens is 388 g/mol. The van der Waals surface area contributed by atoms with E-state index < -0.39 is 29.3 Å². The van der Waals surface area contributed by atoms with E-state index in [1.807, 2.05) is 0 Å². The summed E-state index contributed by atoms with van der Waals surface area (Å²) in [5.41, 5.74) is 11.7. The maximum Gasteiger partial charge on any atom is 0.341 e. The van der Waals surface area contributed by atoms with Gasteiger partial charge in [-0.15, -0.1) is 11.3 Å². The summed E-state index contributed by atoms with van der Waals surface area (Å²) in [5, 5.41) is 13.7. The van der Waals surface area contributed by atoms with Crippen molar-refractivity contribution in [3.05, 3.63) is 49.9 Å². The first-order chi connectivity index (χ1) is 13.3. The predicted molar refractivity (Wildman–Crippen MR) is 101 cm³/mol. The van der Waals surface area contributed by atoms with Gasteiger partial charge in [0.1, 0.15) is 5.00 Å². The Hall–Kier alpha value is -3.47. The van der Waals surface area contributed by atoms with Crippen LogP contribution >= 0.6 is 11.3 Å². The number of rotatable bonds is 6. The summed E-state index contributed by atoms with van der Waals surface area (Å²) in [6.45, 7) is -0.651. The minimum Gasteiger partial charge on any atom is -0.452 e. The van der Waals surface area contributed by atoms with E-state index in [2.05, 4.69) is 5.32 Å². The maximum absolute atomic E-state index is 12.1. The Morgan fingerprint density at radius 2 is 2.04 bits per heavy atom. The number of non-ortho nitro benzene ring substituents is 1. The molecule has 0 bridgehead atoms. The van der Waals surface area contributed by atoms with Crippen LogP contribution in [0.4, 0.5) is 16.4 Å². The second-order valence-electron chi connectivity index (χ2n) is 6.08. The molecule has 28 heavy (non-hydrogen) atoms. The van der Waals surface area contributed by atoms with Crippen molar-refractivity contribution >= 4 is 45.5 Å². The van der Waals surface area contributed by atoms with Crippen LogP contribution in [0.2, 0.25) is 0 Å². The topological polar surface area (TPSA) is 168 Å². The van der Waals surface area contributed by atoms with Gasteiger partial charge in [0.15, 0.2) is 6.61 Å². The zero-order chi connectivity index (χ0) is 20.4. The van der Waals surface area contributed by atoms with Gasteiger partial charge < -0.3 is 21.5 Å². The molecule has 0 unspecified atom stereocenters. The number of nitrogens with zero attached hydrogens (tertiary/aromatic N) is 1. The van der Waals surface area contributed by atoms with Crippen molar-refractivity contribution in [2.45, 2.75) is 19.3 Å². The van der Waals surface area contributed by atoms with E-state index in [1.165, 1.54) is 17.4 Å². The van der Waals surface area contributed by atoms with Crippen LogP contribution in [0.25, 0.3) is 0 Å². The van der Waals surface area contributed by atoms with E-state index in [0.717, 1.165) is 41.8 Å². The lowest BCUT2D eigenvalue weighted by molar-refractivity contribution is -0.384. The van der Waals surface area contributed by atoms with Crippen molar-refractivity contribution in [3.63, 3.8) is 0 Å². The van der Waals surface area contributed by atoms with E-state index in [9.17, 15) is 24.5 Å². The van der Waals surface area contributed by atoms with Crippen molar-refractivity contribution in [2.75, 3.05) is 17.7 Å². The molecule has 1 aliphatic rings. The third-order valence-corrected chi connectivity index (χ3v) is 5.43. The Balaban J connectivity index is 1.67. The van der Waals surface area contributed by atoms with Crippen molar-refractivity contribution in [2.24, 2.45) is 5.73 Å². The molecule has 1 aromatic carbocycles. The summed E-state index contributed by atoms with van der Waals surface area (Å²) < 4.78 is 4.89. The SMILES string of the molecule is NC(=O)c1c(NC(=O)COC(=O)c2cc([N+](=O)[O-])ccc2N)sc2c1CCC2. The van der Waals surface area contributed by atoms with Gasteiger partial charge in [-0.2, -0.15) is 0 Å². The van der Waals surface area contributed by atoms with Gasteiger partial charge in [0, 0.05) is 22.7 Å². The summed E-state index contributed by atoms with van der Waals surface area (Å²) in [4.78, 5) is 47.1. The number of primary amides is 1. The molecule has 0 aliphatic heterocycles. The van der Waals surface area contributed by atoms with Crippen LogP contribution in [-0.4, -0.2) is 29.3 Å². The number of esters is 1. The molecule has 11 heteroatoms. The number of benzene rings is 1. The summed E-state index contributed by atoms with van der Waals surface area (Å²) in [5.74, 6) is -2.27. The minimum atomic E-state index is -0.972. The molecule has 0 spiro atoms. The van der Waals surface area contributed by atoms with Crippen molar-refractivity contribution in [1.29, 1.82) is 0 Å². The number of nitrogens with one attached hydrogen (secondary N) is 1. The number of nitro groups is 1. The van der Waals surface area contributed by atoms with E-state index >= 15 is 0 Å². The van der Waals surface area contributed by atoms with Crippen LogP contribution < -0.4 is 16.8 Å². The second-order valence-corrected chi connectivity index (χ2v) is 7.18. The number of anilines is 2. The number of carbonyl (C=O) groups excluding carboxylic acids is 3. The van der Waals surface area contributed by atoms with Crippen LogP contribution in [-0.2, 0) is 22.4 Å². The molecule has 1 aliphatic carbocycles. The smallest absolute Gasteiger partial charge is 0.341 e. The molecule has 3 rings (SSSR count). The lowest BCUT2D eigenvalue weighted by Gasteiger charge is -2.08. The largest absolute Gasteiger partial charge is 0.452 e. The number of ether oxygens (including phenoxy) is 1. The van der Waals surface area contributed by atoms with Crippen molar-refractivity contribution < 1.29 is 24.0 Å². The second kappa shape index (κ2) is 7.64. The van der Waals surface area contributed by atoms with Gasteiger partial charge in [-0.1, -0.05) is 0 Å². The van der Waals surface area contributed by atoms with Gasteiger partial charge in [0.05, 0.1) is 16.1 Å². The quantitative estimate of drug-likeness (QED) is 0.284. The minimum absolute atomic E-state index is 0.0123. The van der Waals surface area contributed by atoms with Crippen molar-refractivity contribution in [1.82, 2.24) is 0 Å². The highest BCUT2D eigenvalue weighted by molar-refractivity contribution is 7.17. The number of hydrogen-bond donors (Lipinski definition) is 3. The highest BCUT2D eigenvalue weighted by atomic mass is 32.1. The fourth-order valence-electron chi connectivity index (χ4n) is 2.96. The summed E-state index contributed by atoms with van der Waals surface area (Å²) in [7, 11) is 0. The van der Waals surface area contributed by atoms with Crippen LogP contribution in [0.5, 0.6) is 0 Å². The summed E-state index contributed by atoms with van der Waals surface area (Å²) >= 11 is 1.28. The van der Waals surface area contributed by atoms with E-state index in [4.69, 9.17) is 16.2 Å². The van der Waals surface area contributed by atoms with E-state index in [1.54, 1.807) is 0 Å². The Labute approximate surface area is 162 Å². The Bertz CT molecular complexity index is 1000. The van der Waals surface area contributed by atoms with Gasteiger partial charge in [0.2, 0.25) is 0 Å². The first kappa shape index (κ1) is 19.3. The number of thiophene rings is 1. The van der Waals surface area contributed by atoms with Crippen molar-refractivity contribution in [3.8, 4) is 0 Å². The highest BCUT2D eigenvalue weighted by Crippen LogP contribution is 2.38. The van der Waals surface area contributed by atoms with Gasteiger partial charge >= 0.3 is 5.97 Å². The van der Waals surface area contributed by atoms with Gasteiger partial charge in [0.25, 0.3) is 17.5 Å². The van der Waals surface area contributed by atoms with Crippen LogP contribution in [0, 0.1) is 10.1 Å². The molecule has 0 fully saturated rings.